The van der Waals surface area contributed by atoms with Gasteiger partial charge in [-0.05, 0) is 19.1 Å². The Labute approximate surface area is 96.5 Å². The van der Waals surface area contributed by atoms with E-state index in [2.05, 4.69) is 0 Å². The molecule has 0 bridgehead atoms. The summed E-state index contributed by atoms with van der Waals surface area (Å²) in [5, 5.41) is 0. The van der Waals surface area contributed by atoms with Crippen LogP contribution >= 0.6 is 11.8 Å². The summed E-state index contributed by atoms with van der Waals surface area (Å²) in [5.41, 5.74) is 0.352. The lowest BCUT2D eigenvalue weighted by Crippen LogP contribution is -1.89. The van der Waals surface area contributed by atoms with Crippen LogP contribution in [0.5, 0.6) is 0 Å². The fourth-order valence-electron chi connectivity index (χ4n) is 1.32. The first-order valence-electron chi connectivity index (χ1n) is 4.68. The second-order valence-corrected chi connectivity index (χ2v) is 4.27. The molecule has 1 heterocycles. The molecule has 0 aliphatic heterocycles. The van der Waals surface area contributed by atoms with E-state index in [1.807, 2.05) is 0 Å². The smallest absolute Gasteiger partial charge is 0.151 e. The number of hydrogen-bond acceptors (Lipinski definition) is 3. The number of carbonyl (C=O) groups is 1. The predicted octanol–water partition coefficient (Wildman–Crippen LogP) is 3.69. The molecule has 1 aromatic carbocycles. The van der Waals surface area contributed by atoms with E-state index in [1.54, 1.807) is 25.3 Å². The Hall–Kier alpha value is -1.55. The zero-order chi connectivity index (χ0) is 11.5. The summed E-state index contributed by atoms with van der Waals surface area (Å²) in [5.74, 6) is 0.320. The Morgan fingerprint density at radius 1 is 1.38 bits per heavy atom. The zero-order valence-corrected chi connectivity index (χ0v) is 9.38. The average Bonchev–Trinajstić information content (AvgIpc) is 2.67. The lowest BCUT2D eigenvalue weighted by molar-refractivity contribution is 0.112. The van der Waals surface area contributed by atoms with E-state index in [-0.39, 0.29) is 0 Å². The van der Waals surface area contributed by atoms with E-state index in [0.717, 1.165) is 4.90 Å². The van der Waals surface area contributed by atoms with Gasteiger partial charge in [-0.25, -0.2) is 4.39 Å². The van der Waals surface area contributed by atoms with Crippen molar-refractivity contribution in [3.05, 3.63) is 47.7 Å². The van der Waals surface area contributed by atoms with Crippen LogP contribution in [0.4, 0.5) is 4.39 Å². The minimum Gasteiger partial charge on any atom is -0.468 e. The van der Waals surface area contributed by atoms with Gasteiger partial charge >= 0.3 is 0 Å². The Balaban J connectivity index is 2.41. The average molecular weight is 236 g/mol. The van der Waals surface area contributed by atoms with Gasteiger partial charge in [0.25, 0.3) is 0 Å². The number of benzene rings is 1. The van der Waals surface area contributed by atoms with Crippen LogP contribution in [0.25, 0.3) is 0 Å². The summed E-state index contributed by atoms with van der Waals surface area (Å²) in [6, 6.07) is 6.20. The second kappa shape index (κ2) is 4.53. The molecule has 0 fully saturated rings. The van der Waals surface area contributed by atoms with Crippen LogP contribution in [0.3, 0.4) is 0 Å². The molecule has 82 valence electrons. The number of halogens is 1. The number of aldehydes is 1. The van der Waals surface area contributed by atoms with Gasteiger partial charge in [-0.15, -0.1) is 0 Å². The van der Waals surface area contributed by atoms with Crippen LogP contribution < -0.4 is 0 Å². The van der Waals surface area contributed by atoms with Crippen LogP contribution in [0.15, 0.2) is 44.7 Å². The van der Waals surface area contributed by atoms with Gasteiger partial charge < -0.3 is 4.42 Å². The van der Waals surface area contributed by atoms with Gasteiger partial charge in [0.15, 0.2) is 6.29 Å². The molecule has 4 heteroatoms. The molecule has 0 aliphatic carbocycles. The molecule has 0 amide bonds. The van der Waals surface area contributed by atoms with E-state index in [4.69, 9.17) is 4.42 Å². The van der Waals surface area contributed by atoms with Gasteiger partial charge in [0.05, 0.1) is 16.1 Å². The van der Waals surface area contributed by atoms with Crippen LogP contribution in [-0.2, 0) is 0 Å². The highest BCUT2D eigenvalue weighted by Crippen LogP contribution is 2.34. The van der Waals surface area contributed by atoms with E-state index in [1.165, 1.54) is 23.9 Å². The molecule has 0 aliphatic rings. The maximum atomic E-state index is 13.6. The third-order valence-electron chi connectivity index (χ3n) is 2.15. The van der Waals surface area contributed by atoms with Gasteiger partial charge in [-0.2, -0.15) is 0 Å². The minimum atomic E-state index is -0.393. The molecule has 2 nitrogen and oxygen atoms in total. The Bertz CT molecular complexity index is 519. The van der Waals surface area contributed by atoms with Crippen molar-refractivity contribution in [3.63, 3.8) is 0 Å². The lowest BCUT2D eigenvalue weighted by Gasteiger charge is -2.04. The maximum Gasteiger partial charge on any atom is 0.151 e. The summed E-state index contributed by atoms with van der Waals surface area (Å²) < 4.78 is 18.7. The summed E-state index contributed by atoms with van der Waals surface area (Å²) in [7, 11) is 0. The quantitative estimate of drug-likeness (QED) is 0.761. The van der Waals surface area contributed by atoms with E-state index in [0.29, 0.717) is 22.5 Å². The van der Waals surface area contributed by atoms with Gasteiger partial charge in [-0.3, -0.25) is 4.79 Å². The van der Waals surface area contributed by atoms with Crippen molar-refractivity contribution < 1.29 is 13.6 Å². The highest BCUT2D eigenvalue weighted by atomic mass is 32.2. The summed E-state index contributed by atoms with van der Waals surface area (Å²) in [6.45, 7) is 1.80. The second-order valence-electron chi connectivity index (χ2n) is 3.22. The van der Waals surface area contributed by atoms with Crippen molar-refractivity contribution in [3.8, 4) is 0 Å². The standard InChI is InChI=1S/C12H9FO2S/c1-8-11(5-6-15-8)16-12-9(7-14)3-2-4-10(12)13/h2-7H,1H3. The lowest BCUT2D eigenvalue weighted by atomic mass is 10.2. The molecule has 0 atom stereocenters. The Morgan fingerprint density at radius 2 is 2.19 bits per heavy atom. The predicted molar refractivity (Wildman–Crippen MR) is 59.4 cm³/mol. The van der Waals surface area contributed by atoms with E-state index in [9.17, 15) is 9.18 Å². The summed E-state index contributed by atoms with van der Waals surface area (Å²) >= 11 is 1.20. The molecule has 0 N–H and O–H groups in total. The van der Waals surface area contributed by atoms with Crippen LogP contribution in [0, 0.1) is 12.7 Å². The molecule has 16 heavy (non-hydrogen) atoms. The van der Waals surface area contributed by atoms with Crippen molar-refractivity contribution in [1.29, 1.82) is 0 Å². The van der Waals surface area contributed by atoms with Crippen molar-refractivity contribution in [2.24, 2.45) is 0 Å². The third kappa shape index (κ3) is 2.02. The number of furan rings is 1. The number of aryl methyl sites for hydroxylation is 1. The van der Waals surface area contributed by atoms with Gasteiger partial charge in [0.1, 0.15) is 11.6 Å². The molecular weight excluding hydrogens is 227 g/mol. The normalized spacial score (nSPS) is 10.4. The fourth-order valence-corrected chi connectivity index (χ4v) is 2.25. The SMILES string of the molecule is Cc1occc1Sc1c(F)cccc1C=O. The topological polar surface area (TPSA) is 30.2 Å². The first-order chi connectivity index (χ1) is 7.72. The first kappa shape index (κ1) is 11.0. The van der Waals surface area contributed by atoms with E-state index < -0.39 is 5.82 Å². The zero-order valence-electron chi connectivity index (χ0n) is 8.57. The minimum absolute atomic E-state index is 0.335. The van der Waals surface area contributed by atoms with E-state index >= 15 is 0 Å². The molecule has 2 aromatic rings. The highest BCUT2D eigenvalue weighted by molar-refractivity contribution is 7.99. The summed E-state index contributed by atoms with van der Waals surface area (Å²) in [6.07, 6.45) is 2.19. The van der Waals surface area contributed by atoms with Crippen molar-refractivity contribution >= 4 is 18.0 Å². The number of rotatable bonds is 3. The molecule has 0 saturated carbocycles. The summed E-state index contributed by atoms with van der Waals surface area (Å²) in [4.78, 5) is 11.9. The van der Waals surface area contributed by atoms with Crippen molar-refractivity contribution in [2.75, 3.05) is 0 Å². The molecular formula is C12H9FO2S. The first-order valence-corrected chi connectivity index (χ1v) is 5.49. The monoisotopic (exact) mass is 236 g/mol. The number of carbonyl (C=O) groups excluding carboxylic acids is 1. The largest absolute Gasteiger partial charge is 0.468 e. The maximum absolute atomic E-state index is 13.6. The van der Waals surface area contributed by atoms with Gasteiger partial charge in [0, 0.05) is 5.56 Å². The van der Waals surface area contributed by atoms with Gasteiger partial charge in [0.2, 0.25) is 0 Å². The molecule has 0 saturated heterocycles. The Kier molecular flexibility index (Phi) is 3.10. The van der Waals surface area contributed by atoms with Crippen LogP contribution in [0.2, 0.25) is 0 Å². The third-order valence-corrected chi connectivity index (χ3v) is 3.43. The van der Waals surface area contributed by atoms with Crippen LogP contribution in [-0.4, -0.2) is 6.29 Å². The molecule has 0 spiro atoms. The highest BCUT2D eigenvalue weighted by Gasteiger charge is 2.12. The molecule has 1 aromatic heterocycles. The van der Waals surface area contributed by atoms with Gasteiger partial charge in [-0.1, -0.05) is 23.9 Å². The van der Waals surface area contributed by atoms with Crippen molar-refractivity contribution in [2.45, 2.75) is 16.7 Å². The van der Waals surface area contributed by atoms with Crippen LogP contribution in [0.1, 0.15) is 16.1 Å². The molecule has 2 rings (SSSR count). The fraction of sp³-hybridized carbons (Fsp3) is 0.0833. The molecule has 0 radical (unpaired) electrons. The Morgan fingerprint density at radius 3 is 2.81 bits per heavy atom. The molecule has 0 unspecified atom stereocenters. The number of hydrogen-bond donors (Lipinski definition) is 0. The van der Waals surface area contributed by atoms with Crippen molar-refractivity contribution in [1.82, 2.24) is 0 Å².